The number of benzene rings is 2. The Labute approximate surface area is 203 Å². The predicted octanol–water partition coefficient (Wildman–Crippen LogP) is 5.42. The summed E-state index contributed by atoms with van der Waals surface area (Å²) in [7, 11) is 1.68. The van der Waals surface area contributed by atoms with Gasteiger partial charge < -0.3 is 14.7 Å². The molecular formula is C27H29F3N2O3. The zero-order chi connectivity index (χ0) is 25.4. The van der Waals surface area contributed by atoms with Gasteiger partial charge in [-0.3, -0.25) is 4.79 Å². The third kappa shape index (κ3) is 4.80. The largest absolute Gasteiger partial charge is 0.421 e. The SMILES string of the molecule is CO[C@]1(c2ccc(C#N)cc2)CC[C@@H](N(C(=O)c2ccc([C@](C)(O)C(F)(F)F)cc2)C2CC2)CC1. The number of hydrogen-bond acceptors (Lipinski definition) is 4. The van der Waals surface area contributed by atoms with E-state index in [0.717, 1.165) is 31.2 Å². The third-order valence-corrected chi connectivity index (χ3v) is 7.51. The van der Waals surface area contributed by atoms with Crippen LogP contribution in [0, 0.1) is 11.3 Å². The van der Waals surface area contributed by atoms with Gasteiger partial charge in [0.2, 0.25) is 0 Å². The Morgan fingerprint density at radius 2 is 1.57 bits per heavy atom. The second kappa shape index (κ2) is 9.29. The number of hydrogen-bond donors (Lipinski definition) is 1. The fraction of sp³-hybridized carbons (Fsp3) is 0.481. The van der Waals surface area contributed by atoms with E-state index in [1.807, 2.05) is 17.0 Å². The predicted molar refractivity (Wildman–Crippen MR) is 123 cm³/mol. The van der Waals surface area contributed by atoms with Gasteiger partial charge >= 0.3 is 6.18 Å². The molecule has 0 heterocycles. The molecule has 2 aromatic rings. The standard InChI is InChI=1S/C27H29F3N2O3/c1-25(34,27(28,29)30)20-9-5-19(6-10-20)24(33)32(22-11-12-22)23-13-15-26(35-2,16-14-23)21-7-3-18(17-31)4-8-21/h3-10,22-23,34H,11-16H2,1-2H3/t23-,25-,26-/m0/s1. The van der Waals surface area contributed by atoms with E-state index in [-0.39, 0.29) is 23.6 Å². The highest BCUT2D eigenvalue weighted by Crippen LogP contribution is 2.44. The van der Waals surface area contributed by atoms with Gasteiger partial charge in [0, 0.05) is 24.8 Å². The van der Waals surface area contributed by atoms with E-state index >= 15 is 0 Å². The van der Waals surface area contributed by atoms with E-state index in [4.69, 9.17) is 10.00 Å². The van der Waals surface area contributed by atoms with Gasteiger partial charge in [-0.15, -0.1) is 0 Å². The topological polar surface area (TPSA) is 73.6 Å². The van der Waals surface area contributed by atoms with Crippen LogP contribution in [0.1, 0.15) is 72.5 Å². The first kappa shape index (κ1) is 25.2. The highest BCUT2D eigenvalue weighted by Gasteiger charge is 2.51. The van der Waals surface area contributed by atoms with E-state index in [2.05, 4.69) is 6.07 Å². The molecule has 0 radical (unpaired) electrons. The van der Waals surface area contributed by atoms with Crippen molar-refractivity contribution in [3.05, 3.63) is 70.8 Å². The van der Waals surface area contributed by atoms with Crippen molar-refractivity contribution in [2.24, 2.45) is 0 Å². The van der Waals surface area contributed by atoms with Crippen molar-refractivity contribution < 1.29 is 27.8 Å². The van der Waals surface area contributed by atoms with Gasteiger partial charge in [0.1, 0.15) is 0 Å². The Bertz CT molecular complexity index is 1090. The number of nitriles is 1. The molecule has 2 aliphatic carbocycles. The second-order valence-electron chi connectivity index (χ2n) is 9.71. The summed E-state index contributed by atoms with van der Waals surface area (Å²) in [5, 5.41) is 19.0. The molecule has 5 nitrogen and oxygen atoms in total. The van der Waals surface area contributed by atoms with Crippen molar-refractivity contribution in [1.82, 2.24) is 4.90 Å². The third-order valence-electron chi connectivity index (χ3n) is 7.51. The lowest BCUT2D eigenvalue weighted by Gasteiger charge is -2.43. The number of carbonyl (C=O) groups excluding carboxylic acids is 1. The van der Waals surface area contributed by atoms with Crippen LogP contribution in [-0.4, -0.2) is 41.3 Å². The monoisotopic (exact) mass is 486 g/mol. The number of rotatable bonds is 6. The van der Waals surface area contributed by atoms with Crippen molar-refractivity contribution in [3.63, 3.8) is 0 Å². The molecule has 0 bridgehead atoms. The van der Waals surface area contributed by atoms with Gasteiger partial charge in [0.25, 0.3) is 5.91 Å². The van der Waals surface area contributed by atoms with E-state index in [0.29, 0.717) is 30.9 Å². The molecule has 35 heavy (non-hydrogen) atoms. The first-order valence-corrected chi connectivity index (χ1v) is 11.8. The molecule has 2 fully saturated rings. The summed E-state index contributed by atoms with van der Waals surface area (Å²) in [6, 6.07) is 14.7. The maximum atomic E-state index is 13.4. The number of amides is 1. The average molecular weight is 487 g/mol. The molecule has 0 saturated heterocycles. The summed E-state index contributed by atoms with van der Waals surface area (Å²) in [5.74, 6) is -0.195. The number of carbonyl (C=O) groups is 1. The van der Waals surface area contributed by atoms with Crippen molar-refractivity contribution in [2.75, 3.05) is 7.11 Å². The van der Waals surface area contributed by atoms with Crippen molar-refractivity contribution in [2.45, 2.75) is 74.9 Å². The van der Waals surface area contributed by atoms with Crippen molar-refractivity contribution in [1.29, 1.82) is 5.26 Å². The van der Waals surface area contributed by atoms with Gasteiger partial charge in [-0.05, 0) is 80.8 Å². The Morgan fingerprint density at radius 3 is 2.03 bits per heavy atom. The minimum atomic E-state index is -4.82. The van der Waals surface area contributed by atoms with Crippen LogP contribution in [0.2, 0.25) is 0 Å². The molecular weight excluding hydrogens is 457 g/mol. The van der Waals surface area contributed by atoms with E-state index in [9.17, 15) is 23.1 Å². The Kier molecular flexibility index (Phi) is 6.69. The molecule has 0 aliphatic heterocycles. The maximum Gasteiger partial charge on any atom is 0.421 e. The highest BCUT2D eigenvalue weighted by molar-refractivity contribution is 5.95. The molecule has 1 N–H and O–H groups in total. The van der Waals surface area contributed by atoms with Gasteiger partial charge in [-0.1, -0.05) is 24.3 Å². The summed E-state index contributed by atoms with van der Waals surface area (Å²) >= 11 is 0. The Balaban J connectivity index is 1.50. The first-order valence-electron chi connectivity index (χ1n) is 11.8. The molecule has 0 aromatic heterocycles. The number of halogens is 3. The average Bonchev–Trinajstić information content (AvgIpc) is 3.69. The van der Waals surface area contributed by atoms with Gasteiger partial charge in [0.15, 0.2) is 5.60 Å². The number of ether oxygens (including phenoxy) is 1. The van der Waals surface area contributed by atoms with Crippen LogP contribution in [0.25, 0.3) is 0 Å². The highest BCUT2D eigenvalue weighted by atomic mass is 19.4. The quantitative estimate of drug-likeness (QED) is 0.592. The van der Waals surface area contributed by atoms with Crippen LogP contribution in [-0.2, 0) is 15.9 Å². The van der Waals surface area contributed by atoms with Crippen LogP contribution < -0.4 is 0 Å². The van der Waals surface area contributed by atoms with Crippen LogP contribution >= 0.6 is 0 Å². The molecule has 1 amide bonds. The lowest BCUT2D eigenvalue weighted by atomic mass is 9.76. The van der Waals surface area contributed by atoms with Crippen LogP contribution in [0.15, 0.2) is 48.5 Å². The number of nitrogens with zero attached hydrogens (tertiary/aromatic N) is 2. The first-order chi connectivity index (χ1) is 16.5. The van der Waals surface area contributed by atoms with E-state index in [1.54, 1.807) is 19.2 Å². The van der Waals surface area contributed by atoms with Crippen LogP contribution in [0.3, 0.4) is 0 Å². The molecule has 0 spiro atoms. The Morgan fingerprint density at radius 1 is 1.03 bits per heavy atom. The van der Waals surface area contributed by atoms with Gasteiger partial charge in [-0.2, -0.15) is 18.4 Å². The number of aliphatic hydroxyl groups is 1. The number of methoxy groups -OCH3 is 1. The van der Waals surface area contributed by atoms with Crippen molar-refractivity contribution in [3.8, 4) is 6.07 Å². The van der Waals surface area contributed by atoms with E-state index < -0.39 is 17.4 Å². The second-order valence-corrected chi connectivity index (χ2v) is 9.71. The molecule has 0 unspecified atom stereocenters. The summed E-state index contributed by atoms with van der Waals surface area (Å²) in [6.07, 6.45) is -0.104. The molecule has 186 valence electrons. The summed E-state index contributed by atoms with van der Waals surface area (Å²) in [5.41, 5.74) is -1.86. The zero-order valence-electron chi connectivity index (χ0n) is 19.8. The molecule has 1 atom stereocenters. The normalized spacial score (nSPS) is 24.3. The molecule has 2 aliphatic rings. The summed E-state index contributed by atoms with van der Waals surface area (Å²) in [6.45, 7) is 0.707. The lowest BCUT2D eigenvalue weighted by molar-refractivity contribution is -0.258. The Hall–Kier alpha value is -2.89. The molecule has 4 rings (SSSR count). The number of alkyl halides is 3. The molecule has 2 saturated carbocycles. The zero-order valence-corrected chi connectivity index (χ0v) is 19.8. The van der Waals surface area contributed by atoms with Gasteiger partial charge in [-0.25, -0.2) is 0 Å². The van der Waals surface area contributed by atoms with Crippen LogP contribution in [0.5, 0.6) is 0 Å². The minimum absolute atomic E-state index is 0.00890. The molecule has 8 heteroatoms. The van der Waals surface area contributed by atoms with Crippen LogP contribution in [0.4, 0.5) is 13.2 Å². The fourth-order valence-corrected chi connectivity index (χ4v) is 5.04. The van der Waals surface area contributed by atoms with Gasteiger partial charge in [0.05, 0.1) is 17.2 Å². The van der Waals surface area contributed by atoms with Crippen molar-refractivity contribution >= 4 is 5.91 Å². The smallest absolute Gasteiger partial charge is 0.376 e. The summed E-state index contributed by atoms with van der Waals surface area (Å²) < 4.78 is 45.5. The lowest BCUT2D eigenvalue weighted by Crippen LogP contribution is -2.47. The fourth-order valence-electron chi connectivity index (χ4n) is 5.04. The van der Waals surface area contributed by atoms with E-state index in [1.165, 1.54) is 24.3 Å². The minimum Gasteiger partial charge on any atom is -0.376 e. The summed E-state index contributed by atoms with van der Waals surface area (Å²) in [4.78, 5) is 15.3. The maximum absolute atomic E-state index is 13.4. The molecule has 2 aromatic carbocycles.